The van der Waals surface area contributed by atoms with Crippen LogP contribution in [0.3, 0.4) is 0 Å². The molecule has 0 amide bonds. The van der Waals surface area contributed by atoms with E-state index in [0.717, 1.165) is 0 Å². The van der Waals surface area contributed by atoms with Gasteiger partial charge in [0.1, 0.15) is 0 Å². The maximum atomic E-state index is 10.6. The Morgan fingerprint density at radius 3 is 2.35 bits per heavy atom. The summed E-state index contributed by atoms with van der Waals surface area (Å²) >= 11 is 0. The minimum Gasteiger partial charge on any atom is -0.481 e. The van der Waals surface area contributed by atoms with Crippen LogP contribution in [0.4, 0.5) is 5.95 Å². The predicted octanol–water partition coefficient (Wildman–Crippen LogP) is 0.454. The molecule has 0 spiro atoms. The van der Waals surface area contributed by atoms with Gasteiger partial charge in [0.15, 0.2) is 5.92 Å². The van der Waals surface area contributed by atoms with Gasteiger partial charge in [-0.2, -0.15) is 0 Å². The Balaban J connectivity index is 2.28. The molecule has 3 N–H and O–H groups in total. The lowest BCUT2D eigenvalue weighted by atomic mass is 10.0. The van der Waals surface area contributed by atoms with Gasteiger partial charge in [0.05, 0.1) is 0 Å². The summed E-state index contributed by atoms with van der Waals surface area (Å²) in [6, 6.07) is 1.68. The van der Waals surface area contributed by atoms with Crippen molar-refractivity contribution in [1.29, 1.82) is 0 Å². The smallest absolute Gasteiger partial charge is 0.317 e. The van der Waals surface area contributed by atoms with E-state index < -0.39 is 17.9 Å². The number of carbonyl (C=O) groups is 2. The monoisotopic (exact) mass is 239 g/mol. The van der Waals surface area contributed by atoms with Gasteiger partial charge in [-0.25, -0.2) is 9.97 Å². The highest BCUT2D eigenvalue weighted by Crippen LogP contribution is 2.07. The van der Waals surface area contributed by atoms with Crippen LogP contribution in [0.25, 0.3) is 0 Å². The van der Waals surface area contributed by atoms with Gasteiger partial charge in [0, 0.05) is 18.9 Å². The first-order chi connectivity index (χ1) is 8.11. The number of carboxylic acids is 2. The number of nitrogens with one attached hydrogen (secondary N) is 1. The van der Waals surface area contributed by atoms with Gasteiger partial charge in [-0.15, -0.1) is 0 Å². The molecule has 1 aromatic rings. The van der Waals surface area contributed by atoms with E-state index in [1.165, 1.54) is 0 Å². The zero-order valence-corrected chi connectivity index (χ0v) is 9.04. The molecule has 7 heteroatoms. The third-order valence-corrected chi connectivity index (χ3v) is 2.11. The van der Waals surface area contributed by atoms with E-state index in [1.54, 1.807) is 18.5 Å². The van der Waals surface area contributed by atoms with Gasteiger partial charge >= 0.3 is 11.9 Å². The number of hydrogen-bond donors (Lipinski definition) is 3. The first kappa shape index (κ1) is 12.9. The normalized spacial score (nSPS) is 10.2. The minimum atomic E-state index is -1.35. The van der Waals surface area contributed by atoms with Crippen molar-refractivity contribution in [2.24, 2.45) is 5.92 Å². The van der Waals surface area contributed by atoms with Crippen LogP contribution in [-0.2, 0) is 9.59 Å². The molecule has 1 heterocycles. The number of nitrogens with zero attached hydrogens (tertiary/aromatic N) is 2. The van der Waals surface area contributed by atoms with Crippen molar-refractivity contribution in [2.45, 2.75) is 12.8 Å². The molecule has 0 radical (unpaired) electrons. The maximum absolute atomic E-state index is 10.6. The van der Waals surface area contributed by atoms with Crippen LogP contribution in [0, 0.1) is 5.92 Å². The van der Waals surface area contributed by atoms with Gasteiger partial charge in [0.2, 0.25) is 5.95 Å². The number of hydrogen-bond acceptors (Lipinski definition) is 5. The molecule has 0 unspecified atom stereocenters. The van der Waals surface area contributed by atoms with Gasteiger partial charge < -0.3 is 15.5 Å². The summed E-state index contributed by atoms with van der Waals surface area (Å²) in [6.45, 7) is 0.432. The van der Waals surface area contributed by atoms with Gasteiger partial charge in [0.25, 0.3) is 0 Å². The lowest BCUT2D eigenvalue weighted by Crippen LogP contribution is -2.24. The molecule has 0 aromatic carbocycles. The molecule has 0 atom stereocenters. The lowest BCUT2D eigenvalue weighted by molar-refractivity contribution is -0.154. The van der Waals surface area contributed by atoms with E-state index in [9.17, 15) is 9.59 Å². The first-order valence-electron chi connectivity index (χ1n) is 5.07. The first-order valence-corrected chi connectivity index (χ1v) is 5.07. The van der Waals surface area contributed by atoms with E-state index in [0.29, 0.717) is 18.9 Å². The van der Waals surface area contributed by atoms with Crippen molar-refractivity contribution in [3.8, 4) is 0 Å². The number of rotatable bonds is 7. The highest BCUT2D eigenvalue weighted by Gasteiger charge is 2.24. The van der Waals surface area contributed by atoms with Gasteiger partial charge in [-0.1, -0.05) is 0 Å². The second kappa shape index (κ2) is 6.41. The van der Waals surface area contributed by atoms with Crippen LogP contribution in [-0.4, -0.2) is 38.7 Å². The third kappa shape index (κ3) is 4.45. The minimum absolute atomic E-state index is 0.0739. The number of carboxylic acid groups (broad SMARTS) is 2. The van der Waals surface area contributed by atoms with Crippen molar-refractivity contribution in [2.75, 3.05) is 11.9 Å². The second-order valence-electron chi connectivity index (χ2n) is 3.37. The summed E-state index contributed by atoms with van der Waals surface area (Å²) < 4.78 is 0. The molecule has 0 aliphatic heterocycles. The van der Waals surface area contributed by atoms with Crippen LogP contribution >= 0.6 is 0 Å². The fraction of sp³-hybridized carbons (Fsp3) is 0.400. The van der Waals surface area contributed by atoms with Crippen LogP contribution in [0.1, 0.15) is 12.8 Å². The molecule has 1 aromatic heterocycles. The fourth-order valence-corrected chi connectivity index (χ4v) is 1.25. The predicted molar refractivity (Wildman–Crippen MR) is 58.5 cm³/mol. The average Bonchev–Trinajstić information content (AvgIpc) is 2.29. The molecule has 92 valence electrons. The van der Waals surface area contributed by atoms with Crippen molar-refractivity contribution in [3.63, 3.8) is 0 Å². The van der Waals surface area contributed by atoms with Crippen LogP contribution < -0.4 is 5.32 Å². The molecular formula is C10H13N3O4. The SMILES string of the molecule is O=C(O)C(CCCNc1ncccn1)C(=O)O. The fourth-order valence-electron chi connectivity index (χ4n) is 1.25. The summed E-state index contributed by atoms with van der Waals surface area (Å²) in [6.07, 6.45) is 3.64. The second-order valence-corrected chi connectivity index (χ2v) is 3.37. The molecule has 0 bridgehead atoms. The van der Waals surface area contributed by atoms with Crippen molar-refractivity contribution >= 4 is 17.9 Å². The van der Waals surface area contributed by atoms with Crippen LogP contribution in [0.2, 0.25) is 0 Å². The van der Waals surface area contributed by atoms with E-state index in [-0.39, 0.29) is 6.42 Å². The van der Waals surface area contributed by atoms with Gasteiger partial charge in [-0.3, -0.25) is 9.59 Å². The molecule has 0 fully saturated rings. The molecule has 0 aliphatic rings. The van der Waals surface area contributed by atoms with Crippen molar-refractivity contribution < 1.29 is 19.8 Å². The van der Waals surface area contributed by atoms with E-state index >= 15 is 0 Å². The molecule has 0 aliphatic carbocycles. The highest BCUT2D eigenvalue weighted by atomic mass is 16.4. The zero-order chi connectivity index (χ0) is 12.7. The molecular weight excluding hydrogens is 226 g/mol. The Kier molecular flexibility index (Phi) is 4.86. The number of anilines is 1. The van der Waals surface area contributed by atoms with Crippen LogP contribution in [0.15, 0.2) is 18.5 Å². The molecule has 17 heavy (non-hydrogen) atoms. The Bertz CT molecular complexity index is 368. The highest BCUT2D eigenvalue weighted by molar-refractivity contribution is 5.92. The molecule has 0 saturated carbocycles. The van der Waals surface area contributed by atoms with Gasteiger partial charge in [-0.05, 0) is 18.9 Å². The molecule has 1 rings (SSSR count). The Morgan fingerprint density at radius 2 is 1.82 bits per heavy atom. The third-order valence-electron chi connectivity index (χ3n) is 2.11. The van der Waals surface area contributed by atoms with Crippen molar-refractivity contribution in [3.05, 3.63) is 18.5 Å². The summed E-state index contributed by atoms with van der Waals surface area (Å²) in [7, 11) is 0. The Morgan fingerprint density at radius 1 is 1.24 bits per heavy atom. The zero-order valence-electron chi connectivity index (χ0n) is 9.04. The summed E-state index contributed by atoms with van der Waals surface area (Å²) in [5.41, 5.74) is 0. The van der Waals surface area contributed by atoms with E-state index in [2.05, 4.69) is 15.3 Å². The van der Waals surface area contributed by atoms with E-state index in [1.807, 2.05) is 0 Å². The Labute approximate surface area is 97.5 Å². The number of aromatic nitrogens is 2. The summed E-state index contributed by atoms with van der Waals surface area (Å²) in [5, 5.41) is 20.1. The van der Waals surface area contributed by atoms with E-state index in [4.69, 9.17) is 10.2 Å². The standard InChI is InChI=1S/C10H13N3O4/c14-8(15)7(9(16)17)3-1-4-11-10-12-5-2-6-13-10/h2,5-7H,1,3-4H2,(H,14,15)(H,16,17)(H,11,12,13). The van der Waals surface area contributed by atoms with Crippen molar-refractivity contribution in [1.82, 2.24) is 9.97 Å². The lowest BCUT2D eigenvalue weighted by Gasteiger charge is -2.07. The topological polar surface area (TPSA) is 112 Å². The maximum Gasteiger partial charge on any atom is 0.317 e. The van der Waals surface area contributed by atoms with Crippen LogP contribution in [0.5, 0.6) is 0 Å². The molecule has 7 nitrogen and oxygen atoms in total. The summed E-state index contributed by atoms with van der Waals surface area (Å²) in [5.74, 6) is -3.54. The largest absolute Gasteiger partial charge is 0.481 e. The summed E-state index contributed by atoms with van der Waals surface area (Å²) in [4.78, 5) is 29.0. The quantitative estimate of drug-likeness (QED) is 0.467. The average molecular weight is 239 g/mol. The number of aliphatic carboxylic acids is 2. The molecule has 0 saturated heterocycles. The Hall–Kier alpha value is -2.18.